The van der Waals surface area contributed by atoms with Gasteiger partial charge in [0.1, 0.15) is 12.4 Å². The van der Waals surface area contributed by atoms with E-state index in [2.05, 4.69) is 77.4 Å². The lowest BCUT2D eigenvalue weighted by Crippen LogP contribution is -2.43. The van der Waals surface area contributed by atoms with Gasteiger partial charge in [-0.1, -0.05) is 45.0 Å². The van der Waals surface area contributed by atoms with E-state index in [-0.39, 0.29) is 29.4 Å². The van der Waals surface area contributed by atoms with Crippen molar-refractivity contribution in [1.82, 2.24) is 25.4 Å². The van der Waals surface area contributed by atoms with Gasteiger partial charge >= 0.3 is 0 Å². The molecule has 7 heteroatoms. The lowest BCUT2D eigenvalue weighted by atomic mass is 9.84. The van der Waals surface area contributed by atoms with E-state index in [0.29, 0.717) is 6.54 Å². The number of aryl methyl sites for hydroxylation is 2. The average molecular weight is 510 g/mol. The number of aromatic nitrogens is 3. The van der Waals surface area contributed by atoms with Crippen molar-refractivity contribution < 1.29 is 0 Å². The molecule has 0 saturated heterocycles. The van der Waals surface area contributed by atoms with Gasteiger partial charge in [0.05, 0.1) is 0 Å². The zero-order chi connectivity index (χ0) is 20.0. The molecule has 0 fully saturated rings. The fourth-order valence-electron chi connectivity index (χ4n) is 3.58. The lowest BCUT2D eigenvalue weighted by molar-refractivity contribution is 0.504. The summed E-state index contributed by atoms with van der Waals surface area (Å²) in [6.07, 6.45) is 4.51. The molecule has 3 rings (SSSR count). The molecule has 29 heavy (non-hydrogen) atoms. The van der Waals surface area contributed by atoms with E-state index in [1.54, 1.807) is 0 Å². The Morgan fingerprint density at radius 1 is 1.10 bits per heavy atom. The second kappa shape index (κ2) is 10.9. The molecule has 0 atom stereocenters. The highest BCUT2D eigenvalue weighted by Gasteiger charge is 2.21. The monoisotopic (exact) mass is 510 g/mol. The normalized spacial score (nSPS) is 14.1. The van der Waals surface area contributed by atoms with Gasteiger partial charge in [0.2, 0.25) is 0 Å². The second-order valence-corrected chi connectivity index (χ2v) is 8.12. The number of halogens is 1. The number of benzene rings is 1. The smallest absolute Gasteiger partial charge is 0.191 e. The Kier molecular flexibility index (Phi) is 8.92. The molecule has 1 aromatic heterocycles. The number of guanidine groups is 1. The standard InChI is InChI=1S/C22H34N6.HI/c1-5-17-10-12-18(13-11-17)22(3,4)16-25-21(23-6-2)24-15-20-27-26-19-9-7-8-14-28(19)20;/h10-13H,5-9,14-16H2,1-4H3,(H2,23,24,25);1H. The van der Waals surface area contributed by atoms with Gasteiger partial charge in [-0.2, -0.15) is 0 Å². The number of aliphatic imine (C=N–C) groups is 1. The first-order valence-electron chi connectivity index (χ1n) is 10.6. The highest BCUT2D eigenvalue weighted by Crippen LogP contribution is 2.23. The molecule has 0 unspecified atom stereocenters. The van der Waals surface area contributed by atoms with Gasteiger partial charge in [0.15, 0.2) is 11.8 Å². The van der Waals surface area contributed by atoms with Crippen LogP contribution in [0.15, 0.2) is 29.3 Å². The second-order valence-electron chi connectivity index (χ2n) is 8.12. The molecule has 0 aliphatic carbocycles. The molecule has 6 nitrogen and oxygen atoms in total. The van der Waals surface area contributed by atoms with Crippen LogP contribution >= 0.6 is 24.0 Å². The van der Waals surface area contributed by atoms with Gasteiger partial charge in [0, 0.05) is 31.5 Å². The minimum Gasteiger partial charge on any atom is -0.357 e. The number of nitrogens with zero attached hydrogens (tertiary/aromatic N) is 4. The zero-order valence-electron chi connectivity index (χ0n) is 18.2. The van der Waals surface area contributed by atoms with Crippen molar-refractivity contribution >= 4 is 29.9 Å². The van der Waals surface area contributed by atoms with Crippen LogP contribution in [0.25, 0.3) is 0 Å². The zero-order valence-corrected chi connectivity index (χ0v) is 20.5. The number of hydrogen-bond acceptors (Lipinski definition) is 3. The highest BCUT2D eigenvalue weighted by molar-refractivity contribution is 14.0. The number of rotatable bonds is 7. The molecule has 160 valence electrons. The Labute approximate surface area is 192 Å². The molecule has 0 spiro atoms. The van der Waals surface area contributed by atoms with Crippen molar-refractivity contribution in [3.8, 4) is 0 Å². The molecule has 1 aliphatic rings. The van der Waals surface area contributed by atoms with Crippen LogP contribution in [0.1, 0.15) is 63.3 Å². The van der Waals surface area contributed by atoms with E-state index >= 15 is 0 Å². The first kappa shape index (κ1) is 23.6. The third-order valence-electron chi connectivity index (χ3n) is 5.50. The van der Waals surface area contributed by atoms with E-state index in [1.807, 2.05) is 0 Å². The van der Waals surface area contributed by atoms with Crippen LogP contribution in [0, 0.1) is 0 Å². The van der Waals surface area contributed by atoms with E-state index in [9.17, 15) is 0 Å². The van der Waals surface area contributed by atoms with Gasteiger partial charge in [-0.05, 0) is 37.3 Å². The number of fused-ring (bicyclic) bond motifs is 1. The fraction of sp³-hybridized carbons (Fsp3) is 0.591. The Hall–Kier alpha value is -1.64. The van der Waals surface area contributed by atoms with Crippen LogP contribution in [0.2, 0.25) is 0 Å². The maximum absolute atomic E-state index is 4.76. The van der Waals surface area contributed by atoms with Crippen molar-refractivity contribution in [3.05, 3.63) is 47.0 Å². The van der Waals surface area contributed by atoms with Gasteiger partial charge in [-0.15, -0.1) is 34.2 Å². The molecule has 2 N–H and O–H groups in total. The van der Waals surface area contributed by atoms with Crippen molar-refractivity contribution in [2.45, 2.75) is 71.9 Å². The van der Waals surface area contributed by atoms with E-state index in [0.717, 1.165) is 50.1 Å². The molecular formula is C22H35IN6. The van der Waals surface area contributed by atoms with Crippen LogP contribution in [-0.4, -0.2) is 33.8 Å². The molecule has 0 radical (unpaired) electrons. The summed E-state index contributed by atoms with van der Waals surface area (Å²) in [5.74, 6) is 2.89. The summed E-state index contributed by atoms with van der Waals surface area (Å²) in [4.78, 5) is 4.76. The van der Waals surface area contributed by atoms with Crippen molar-refractivity contribution in [1.29, 1.82) is 0 Å². The largest absolute Gasteiger partial charge is 0.357 e. The topological polar surface area (TPSA) is 67.1 Å². The van der Waals surface area contributed by atoms with E-state index < -0.39 is 0 Å². The number of hydrogen-bond donors (Lipinski definition) is 2. The molecule has 2 aromatic rings. The summed E-state index contributed by atoms with van der Waals surface area (Å²) >= 11 is 0. The summed E-state index contributed by atoms with van der Waals surface area (Å²) in [5.41, 5.74) is 2.72. The Morgan fingerprint density at radius 3 is 2.55 bits per heavy atom. The molecule has 2 heterocycles. The van der Waals surface area contributed by atoms with Crippen molar-refractivity contribution in [2.75, 3.05) is 13.1 Å². The van der Waals surface area contributed by atoms with Crippen LogP contribution in [0.5, 0.6) is 0 Å². The average Bonchev–Trinajstić information content (AvgIpc) is 3.13. The molecule has 0 saturated carbocycles. The minimum atomic E-state index is 0. The van der Waals surface area contributed by atoms with Gasteiger partial charge < -0.3 is 15.2 Å². The molecule has 1 aromatic carbocycles. The minimum absolute atomic E-state index is 0. The number of nitrogens with one attached hydrogen (secondary N) is 2. The summed E-state index contributed by atoms with van der Waals surface area (Å²) in [6, 6.07) is 8.94. The maximum atomic E-state index is 4.76. The first-order valence-corrected chi connectivity index (χ1v) is 10.6. The lowest BCUT2D eigenvalue weighted by Gasteiger charge is -2.27. The van der Waals surface area contributed by atoms with E-state index in [4.69, 9.17) is 4.99 Å². The van der Waals surface area contributed by atoms with Gasteiger partial charge in [0.25, 0.3) is 0 Å². The molecular weight excluding hydrogens is 475 g/mol. The SMILES string of the molecule is CCNC(=NCc1nnc2n1CCCC2)NCC(C)(C)c1ccc(CC)cc1.I. The molecule has 0 amide bonds. The van der Waals surface area contributed by atoms with E-state index in [1.165, 1.54) is 24.0 Å². The predicted octanol–water partition coefficient (Wildman–Crippen LogP) is 3.83. The third-order valence-corrected chi connectivity index (χ3v) is 5.50. The summed E-state index contributed by atoms with van der Waals surface area (Å²) < 4.78 is 2.23. The quantitative estimate of drug-likeness (QED) is 0.338. The van der Waals surface area contributed by atoms with Gasteiger partial charge in [-0.3, -0.25) is 0 Å². The van der Waals surface area contributed by atoms with Crippen molar-refractivity contribution in [3.63, 3.8) is 0 Å². The summed E-state index contributed by atoms with van der Waals surface area (Å²) in [5, 5.41) is 15.5. The van der Waals surface area contributed by atoms with Gasteiger partial charge in [-0.25, -0.2) is 4.99 Å². The van der Waals surface area contributed by atoms with Crippen LogP contribution in [0.4, 0.5) is 0 Å². The predicted molar refractivity (Wildman–Crippen MR) is 130 cm³/mol. The van der Waals surface area contributed by atoms with Crippen LogP contribution in [0.3, 0.4) is 0 Å². The highest BCUT2D eigenvalue weighted by atomic mass is 127. The van der Waals surface area contributed by atoms with Crippen LogP contribution < -0.4 is 10.6 Å². The summed E-state index contributed by atoms with van der Waals surface area (Å²) in [7, 11) is 0. The Balaban J connectivity index is 0.00000300. The van der Waals surface area contributed by atoms with Crippen LogP contribution in [-0.2, 0) is 31.3 Å². The van der Waals surface area contributed by atoms with Crippen molar-refractivity contribution in [2.24, 2.45) is 4.99 Å². The fourth-order valence-corrected chi connectivity index (χ4v) is 3.58. The Morgan fingerprint density at radius 2 is 1.86 bits per heavy atom. The summed E-state index contributed by atoms with van der Waals surface area (Å²) in [6.45, 7) is 12.0. The maximum Gasteiger partial charge on any atom is 0.191 e. The third kappa shape index (κ3) is 6.17. The Bertz CT molecular complexity index is 794. The molecule has 1 aliphatic heterocycles. The molecule has 0 bridgehead atoms. The first-order chi connectivity index (χ1) is 13.5.